The van der Waals surface area contributed by atoms with Crippen LogP contribution >= 0.6 is 0 Å². The zero-order valence-electron chi connectivity index (χ0n) is 21.8. The summed E-state index contributed by atoms with van der Waals surface area (Å²) in [4.78, 5) is 26.8. The highest BCUT2D eigenvalue weighted by atomic mass is 16.5. The number of anilines is 1. The van der Waals surface area contributed by atoms with E-state index in [-0.39, 0.29) is 18.2 Å². The molecular formula is C29H38N4O4. The molecule has 0 aliphatic carbocycles. The number of ether oxygens (including phenoxy) is 1. The summed E-state index contributed by atoms with van der Waals surface area (Å²) in [6, 6.07) is 15.3. The Bertz CT molecular complexity index is 1220. The van der Waals surface area contributed by atoms with E-state index in [4.69, 9.17) is 10.5 Å². The van der Waals surface area contributed by atoms with Crippen molar-refractivity contribution in [3.8, 4) is 0 Å². The lowest BCUT2D eigenvalue weighted by Gasteiger charge is -2.35. The SMILES string of the molecule is COCCCn1c(C2CCCN(C(=O)CC(Cc3ccc(N)cc3)NC(=O)O)C2)c(C)c2ccccc21. The fourth-order valence-corrected chi connectivity index (χ4v) is 5.68. The second kappa shape index (κ2) is 12.1. The van der Waals surface area contributed by atoms with Crippen molar-refractivity contribution >= 4 is 28.6 Å². The molecule has 2 aromatic carbocycles. The topological polar surface area (TPSA) is 110 Å². The van der Waals surface area contributed by atoms with Gasteiger partial charge in [-0.2, -0.15) is 0 Å². The number of nitrogens with zero attached hydrogens (tertiary/aromatic N) is 2. The van der Waals surface area contributed by atoms with E-state index in [1.54, 1.807) is 19.2 Å². The van der Waals surface area contributed by atoms with Gasteiger partial charge in [-0.1, -0.05) is 30.3 Å². The Labute approximate surface area is 218 Å². The highest BCUT2D eigenvalue weighted by Crippen LogP contribution is 2.36. The van der Waals surface area contributed by atoms with Crippen molar-refractivity contribution in [2.45, 2.75) is 57.5 Å². The molecule has 1 aliphatic rings. The molecule has 198 valence electrons. The van der Waals surface area contributed by atoms with E-state index in [0.29, 0.717) is 31.8 Å². The zero-order chi connectivity index (χ0) is 26.4. The summed E-state index contributed by atoms with van der Waals surface area (Å²) in [6.07, 6.45) is 2.30. The molecule has 8 nitrogen and oxygen atoms in total. The van der Waals surface area contributed by atoms with Gasteiger partial charge >= 0.3 is 6.09 Å². The number of nitrogens with one attached hydrogen (secondary N) is 1. The van der Waals surface area contributed by atoms with Gasteiger partial charge < -0.3 is 30.4 Å². The van der Waals surface area contributed by atoms with Crippen molar-refractivity contribution in [3.63, 3.8) is 0 Å². The van der Waals surface area contributed by atoms with Crippen LogP contribution in [0, 0.1) is 6.92 Å². The molecule has 2 amide bonds. The Hall–Kier alpha value is -3.52. The maximum absolute atomic E-state index is 13.4. The van der Waals surface area contributed by atoms with Crippen LogP contribution < -0.4 is 11.1 Å². The zero-order valence-corrected chi connectivity index (χ0v) is 21.8. The van der Waals surface area contributed by atoms with Gasteiger partial charge in [0.1, 0.15) is 0 Å². The Kier molecular flexibility index (Phi) is 8.71. The Morgan fingerprint density at radius 1 is 1.19 bits per heavy atom. The summed E-state index contributed by atoms with van der Waals surface area (Å²) in [5.74, 6) is 0.217. The number of amides is 2. The molecule has 0 radical (unpaired) electrons. The fraction of sp³-hybridized carbons (Fsp3) is 0.448. The number of rotatable bonds is 10. The van der Waals surface area contributed by atoms with Crippen LogP contribution in [0.4, 0.5) is 10.5 Å². The Balaban J connectivity index is 1.51. The van der Waals surface area contributed by atoms with Gasteiger partial charge in [0, 0.05) is 74.0 Å². The summed E-state index contributed by atoms with van der Waals surface area (Å²) in [7, 11) is 1.73. The predicted molar refractivity (Wildman–Crippen MR) is 146 cm³/mol. The van der Waals surface area contributed by atoms with E-state index in [1.807, 2.05) is 17.0 Å². The number of carbonyl (C=O) groups excluding carboxylic acids is 1. The third-order valence-corrected chi connectivity index (χ3v) is 7.38. The highest BCUT2D eigenvalue weighted by molar-refractivity contribution is 5.85. The summed E-state index contributed by atoms with van der Waals surface area (Å²) in [5.41, 5.74) is 11.2. The lowest BCUT2D eigenvalue weighted by atomic mass is 9.91. The van der Waals surface area contributed by atoms with Crippen LogP contribution in [0.15, 0.2) is 48.5 Å². The average Bonchev–Trinajstić information content (AvgIpc) is 3.17. The van der Waals surface area contributed by atoms with Crippen molar-refractivity contribution in [3.05, 3.63) is 65.4 Å². The van der Waals surface area contributed by atoms with Crippen molar-refractivity contribution in [2.24, 2.45) is 0 Å². The lowest BCUT2D eigenvalue weighted by Crippen LogP contribution is -2.44. The molecule has 2 atom stereocenters. The lowest BCUT2D eigenvalue weighted by molar-refractivity contribution is -0.132. The minimum atomic E-state index is -1.12. The minimum absolute atomic E-state index is 0.0152. The second-order valence-corrected chi connectivity index (χ2v) is 10.0. The van der Waals surface area contributed by atoms with Crippen LogP contribution in [0.3, 0.4) is 0 Å². The summed E-state index contributed by atoms with van der Waals surface area (Å²) in [5, 5.41) is 13.2. The van der Waals surface area contributed by atoms with Crippen molar-refractivity contribution < 1.29 is 19.4 Å². The van der Waals surface area contributed by atoms with E-state index < -0.39 is 12.1 Å². The maximum atomic E-state index is 13.4. The molecule has 0 bridgehead atoms. The third-order valence-electron chi connectivity index (χ3n) is 7.38. The number of nitrogens with two attached hydrogens (primary N) is 1. The second-order valence-electron chi connectivity index (χ2n) is 10.0. The first kappa shape index (κ1) is 26.5. The largest absolute Gasteiger partial charge is 0.465 e. The van der Waals surface area contributed by atoms with E-state index in [1.165, 1.54) is 22.2 Å². The molecule has 37 heavy (non-hydrogen) atoms. The van der Waals surface area contributed by atoms with Crippen LogP contribution in [0.1, 0.15) is 48.4 Å². The molecule has 4 N–H and O–H groups in total. The first-order chi connectivity index (χ1) is 17.9. The molecule has 1 aliphatic heterocycles. The van der Waals surface area contributed by atoms with Gasteiger partial charge in [-0.3, -0.25) is 4.79 Å². The van der Waals surface area contributed by atoms with Crippen molar-refractivity contribution in [1.82, 2.24) is 14.8 Å². The number of piperidine rings is 1. The number of hydrogen-bond donors (Lipinski definition) is 3. The first-order valence-corrected chi connectivity index (χ1v) is 13.1. The van der Waals surface area contributed by atoms with Crippen LogP contribution in [0.5, 0.6) is 0 Å². The van der Waals surface area contributed by atoms with E-state index >= 15 is 0 Å². The smallest absolute Gasteiger partial charge is 0.404 e. The van der Waals surface area contributed by atoms with Crippen LogP contribution in [0.25, 0.3) is 10.9 Å². The normalized spacial score (nSPS) is 16.6. The van der Waals surface area contributed by atoms with Crippen LogP contribution in [-0.2, 0) is 22.5 Å². The number of methoxy groups -OCH3 is 1. The predicted octanol–water partition coefficient (Wildman–Crippen LogP) is 4.54. The highest BCUT2D eigenvalue weighted by Gasteiger charge is 2.30. The monoisotopic (exact) mass is 506 g/mol. The molecule has 1 aromatic heterocycles. The molecule has 0 saturated carbocycles. The van der Waals surface area contributed by atoms with E-state index in [2.05, 4.69) is 41.1 Å². The van der Waals surface area contributed by atoms with Crippen molar-refractivity contribution in [1.29, 1.82) is 0 Å². The number of carbonyl (C=O) groups is 2. The Morgan fingerprint density at radius 3 is 2.68 bits per heavy atom. The van der Waals surface area contributed by atoms with Gasteiger partial charge in [-0.15, -0.1) is 0 Å². The van der Waals surface area contributed by atoms with Crippen LogP contribution in [-0.4, -0.2) is 59.4 Å². The fourth-order valence-electron chi connectivity index (χ4n) is 5.68. The summed E-state index contributed by atoms with van der Waals surface area (Å²) < 4.78 is 7.72. The molecule has 1 fully saturated rings. The standard InChI is InChI=1S/C29H38N4O4/c1-20-25-8-3-4-9-26(25)33(15-6-16-37-2)28(20)22-7-5-14-32(19-22)27(34)18-24(31-29(35)36)17-21-10-12-23(30)13-11-21/h3-4,8-13,22,24,31H,5-7,14-19,30H2,1-2H3,(H,35,36). The third kappa shape index (κ3) is 6.43. The molecule has 4 rings (SSSR count). The number of benzene rings is 2. The average molecular weight is 507 g/mol. The van der Waals surface area contributed by atoms with Crippen LogP contribution in [0.2, 0.25) is 0 Å². The number of likely N-dealkylation sites (tertiary alicyclic amines) is 1. The molecule has 2 heterocycles. The number of hydrogen-bond acceptors (Lipinski definition) is 4. The Morgan fingerprint density at radius 2 is 1.95 bits per heavy atom. The number of fused-ring (bicyclic) bond motifs is 1. The van der Waals surface area contributed by atoms with Gasteiger partial charge in [-0.05, 0) is 61.9 Å². The first-order valence-electron chi connectivity index (χ1n) is 13.1. The van der Waals surface area contributed by atoms with Gasteiger partial charge in [0.15, 0.2) is 0 Å². The molecule has 0 spiro atoms. The number of aromatic nitrogens is 1. The number of para-hydroxylation sites is 1. The molecule has 2 unspecified atom stereocenters. The molecular weight excluding hydrogens is 468 g/mol. The molecule has 8 heteroatoms. The van der Waals surface area contributed by atoms with Gasteiger partial charge in [0.2, 0.25) is 5.91 Å². The van der Waals surface area contributed by atoms with Gasteiger partial charge in [0.25, 0.3) is 0 Å². The minimum Gasteiger partial charge on any atom is -0.465 e. The van der Waals surface area contributed by atoms with Gasteiger partial charge in [0.05, 0.1) is 0 Å². The quantitative estimate of drug-likeness (QED) is 0.276. The maximum Gasteiger partial charge on any atom is 0.404 e. The van der Waals surface area contributed by atoms with E-state index in [0.717, 1.165) is 31.4 Å². The van der Waals surface area contributed by atoms with Gasteiger partial charge in [-0.25, -0.2) is 4.79 Å². The molecule has 3 aromatic rings. The number of carboxylic acid groups (broad SMARTS) is 1. The van der Waals surface area contributed by atoms with Crippen molar-refractivity contribution in [2.75, 3.05) is 32.5 Å². The molecule has 1 saturated heterocycles. The summed E-state index contributed by atoms with van der Waals surface area (Å²) >= 11 is 0. The number of nitrogen functional groups attached to an aromatic ring is 1. The van der Waals surface area contributed by atoms with E-state index in [9.17, 15) is 14.7 Å². The number of aryl methyl sites for hydroxylation is 2. The summed E-state index contributed by atoms with van der Waals surface area (Å²) in [6.45, 7) is 5.09.